The minimum atomic E-state index is -2.59. The first-order valence-corrected chi connectivity index (χ1v) is 28.3. The Hall–Kier alpha value is -7.96. The van der Waals surface area contributed by atoms with Gasteiger partial charge in [-0.3, -0.25) is 9.79 Å². The Kier molecular flexibility index (Phi) is 18.4. The topological polar surface area (TPSA) is 161 Å². The first-order valence-electron chi connectivity index (χ1n) is 28.3. The van der Waals surface area contributed by atoms with Gasteiger partial charge in [-0.2, -0.15) is 0 Å². The van der Waals surface area contributed by atoms with E-state index in [1.165, 1.54) is 104 Å². The molecule has 408 valence electrons. The molecule has 1 aliphatic carbocycles. The van der Waals surface area contributed by atoms with Gasteiger partial charge in [0.2, 0.25) is 0 Å². The molecular formula is C67H73F2N7O3. The van der Waals surface area contributed by atoms with E-state index in [9.17, 15) is 23.5 Å². The van der Waals surface area contributed by atoms with Gasteiger partial charge in [0.05, 0.1) is 28.5 Å². The Bertz CT molecular complexity index is 3450. The van der Waals surface area contributed by atoms with Crippen LogP contribution in [0.15, 0.2) is 161 Å². The van der Waals surface area contributed by atoms with Gasteiger partial charge in [0.15, 0.2) is 5.54 Å². The van der Waals surface area contributed by atoms with Crippen LogP contribution in [0.2, 0.25) is 0 Å². The summed E-state index contributed by atoms with van der Waals surface area (Å²) in [6.45, 7) is 7.87. The SMILES string of the molecule is CCCCCCCCCCNC(c1ccccc1)C1C(N)=C(CC)c2c(CCCC)cccc21.O=C(Nc1cc2[nH]c1C=C1C=CC(=N1)C=c1ccc([nH]1)=CC1=NC(C(=O)O)(C=C1)C2)c1ccccc1-c1ccc(C(F)F)cc1. The number of allylic oxidation sites excluding steroid dienone is 4. The number of aromatic amines is 2. The van der Waals surface area contributed by atoms with E-state index in [0.717, 1.165) is 41.5 Å². The number of anilines is 1. The van der Waals surface area contributed by atoms with Gasteiger partial charge in [0.25, 0.3) is 12.3 Å². The molecule has 3 unspecified atom stereocenters. The summed E-state index contributed by atoms with van der Waals surface area (Å²) >= 11 is 0. The summed E-state index contributed by atoms with van der Waals surface area (Å²) in [5.41, 5.74) is 18.4. The van der Waals surface area contributed by atoms with Gasteiger partial charge in [-0.05, 0) is 138 Å². The number of aliphatic carboxylic acids is 1. The summed E-state index contributed by atoms with van der Waals surface area (Å²) in [4.78, 5) is 42.1. The number of carboxylic acids is 1. The van der Waals surface area contributed by atoms with Crippen molar-refractivity contribution in [1.29, 1.82) is 0 Å². The minimum Gasteiger partial charge on any atom is -0.479 e. The van der Waals surface area contributed by atoms with Crippen molar-refractivity contribution in [3.63, 3.8) is 0 Å². The highest BCUT2D eigenvalue weighted by molar-refractivity contribution is 6.21. The quantitative estimate of drug-likeness (QED) is 0.0395. The average Bonchev–Trinajstić information content (AvgIpc) is 4.45. The van der Waals surface area contributed by atoms with Gasteiger partial charge in [-0.15, -0.1) is 0 Å². The number of carboxylic acid groups (broad SMARTS) is 1. The first kappa shape index (κ1) is 55.8. The Balaban J connectivity index is 0.000000200. The fourth-order valence-corrected chi connectivity index (χ4v) is 11.3. The van der Waals surface area contributed by atoms with E-state index in [-0.39, 0.29) is 23.9 Å². The maximum atomic E-state index is 13.7. The van der Waals surface area contributed by atoms with E-state index in [1.807, 2.05) is 30.4 Å². The largest absolute Gasteiger partial charge is 0.479 e. The number of nitrogens with two attached hydrogens (primary N) is 1. The third-order valence-electron chi connectivity index (χ3n) is 15.3. The molecule has 1 amide bonds. The van der Waals surface area contributed by atoms with Crippen molar-refractivity contribution in [3.05, 3.63) is 206 Å². The summed E-state index contributed by atoms with van der Waals surface area (Å²) in [5, 5.41) is 18.8. The monoisotopic (exact) mass is 1060 g/mol. The number of halogens is 2. The number of aryl methyl sites for hydroxylation is 1. The first-order chi connectivity index (χ1) is 38.5. The van der Waals surface area contributed by atoms with Crippen LogP contribution in [0, 0.1) is 0 Å². The predicted octanol–water partition coefficient (Wildman–Crippen LogP) is 13.9. The summed E-state index contributed by atoms with van der Waals surface area (Å²) in [7, 11) is 0. The Labute approximate surface area is 462 Å². The number of nitrogens with zero attached hydrogens (tertiary/aromatic N) is 2. The normalized spacial score (nSPS) is 17.3. The number of carbonyl (C=O) groups is 2. The van der Waals surface area contributed by atoms with Crippen LogP contribution in [0.5, 0.6) is 0 Å². The molecule has 4 aromatic carbocycles. The summed E-state index contributed by atoms with van der Waals surface area (Å²) in [5.74, 6) is -1.32. The molecule has 0 saturated heterocycles. The van der Waals surface area contributed by atoms with Gasteiger partial charge >= 0.3 is 5.97 Å². The van der Waals surface area contributed by atoms with E-state index < -0.39 is 23.8 Å². The molecule has 2 aromatic heterocycles. The van der Waals surface area contributed by atoms with Gasteiger partial charge in [-0.1, -0.05) is 163 Å². The molecule has 8 bridgehead atoms. The second kappa shape index (κ2) is 26.1. The van der Waals surface area contributed by atoms with Crippen LogP contribution >= 0.6 is 0 Å². The number of aromatic nitrogens is 2. The molecule has 3 aliphatic heterocycles. The minimum absolute atomic E-state index is 0.00337. The van der Waals surface area contributed by atoms with Crippen molar-refractivity contribution in [2.24, 2.45) is 15.7 Å². The van der Waals surface area contributed by atoms with Crippen LogP contribution < -0.4 is 27.1 Å². The molecule has 12 heteroatoms. The fraction of sp³-hybridized carbons (Fsp3) is 0.313. The molecule has 3 atom stereocenters. The Morgan fingerprint density at radius 2 is 1.46 bits per heavy atom. The molecule has 0 spiro atoms. The second-order valence-electron chi connectivity index (χ2n) is 21.0. The lowest BCUT2D eigenvalue weighted by molar-refractivity contribution is -0.141. The zero-order valence-corrected chi connectivity index (χ0v) is 45.6. The van der Waals surface area contributed by atoms with Crippen LogP contribution in [0.4, 0.5) is 14.5 Å². The molecule has 10 nitrogen and oxygen atoms in total. The number of benzene rings is 4. The lowest BCUT2D eigenvalue weighted by atomic mass is 9.85. The van der Waals surface area contributed by atoms with E-state index in [4.69, 9.17) is 5.73 Å². The maximum Gasteiger partial charge on any atom is 0.336 e. The third kappa shape index (κ3) is 13.3. The highest BCUT2D eigenvalue weighted by atomic mass is 19.3. The number of carbonyl (C=O) groups excluding carboxylic acids is 1. The number of hydrogen-bond donors (Lipinski definition) is 6. The maximum absolute atomic E-state index is 13.7. The number of nitrogens with one attached hydrogen (secondary N) is 4. The third-order valence-corrected chi connectivity index (χ3v) is 15.3. The van der Waals surface area contributed by atoms with E-state index >= 15 is 0 Å². The number of rotatable bonds is 21. The highest BCUT2D eigenvalue weighted by Crippen LogP contribution is 2.48. The van der Waals surface area contributed by atoms with Crippen molar-refractivity contribution in [3.8, 4) is 11.1 Å². The summed E-state index contributed by atoms with van der Waals surface area (Å²) < 4.78 is 26.3. The van der Waals surface area contributed by atoms with Crippen molar-refractivity contribution < 1.29 is 23.5 Å². The van der Waals surface area contributed by atoms with E-state index in [0.29, 0.717) is 45.2 Å². The molecule has 5 heterocycles. The van der Waals surface area contributed by atoms with Gasteiger partial charge in [0, 0.05) is 51.6 Å². The van der Waals surface area contributed by atoms with Crippen LogP contribution in [-0.2, 0) is 17.6 Å². The number of aliphatic imine (C=N–C) groups is 2. The van der Waals surface area contributed by atoms with Crippen LogP contribution in [0.25, 0.3) is 34.9 Å². The number of alkyl halides is 2. The fourth-order valence-electron chi connectivity index (χ4n) is 11.3. The number of fused-ring (bicyclic) bond motifs is 7. The van der Waals surface area contributed by atoms with Gasteiger partial charge < -0.3 is 31.4 Å². The number of hydrogen-bond acceptors (Lipinski definition) is 6. The zero-order valence-electron chi connectivity index (χ0n) is 45.6. The van der Waals surface area contributed by atoms with Crippen molar-refractivity contribution in [1.82, 2.24) is 15.3 Å². The van der Waals surface area contributed by atoms with E-state index in [2.05, 4.69) is 99.9 Å². The number of amides is 1. The second-order valence-corrected chi connectivity index (χ2v) is 21.0. The van der Waals surface area contributed by atoms with Crippen molar-refractivity contribution in [2.45, 2.75) is 128 Å². The van der Waals surface area contributed by atoms with Gasteiger partial charge in [-0.25, -0.2) is 18.6 Å². The van der Waals surface area contributed by atoms with Crippen molar-refractivity contribution in [2.75, 3.05) is 11.9 Å². The zero-order chi connectivity index (χ0) is 55.3. The predicted molar refractivity (Wildman–Crippen MR) is 319 cm³/mol. The standard InChI is InChI=1S/C35H25F2N5O3.C32H48N2/c36-32(37)21-7-5-20(6-8-21)28-3-1-2-4-29(28)33(43)41-31-18-27-19-35(34(44)45)14-13-26(42-35)16-24-10-9-22(38-24)15-23-11-12-25(39-23)17-30(31)40-27;1-4-7-9-10-11-12-13-17-24-34-32(26-20-15-14-16-21-26)30-28-23-18-22-25(19-8-5-2)29(28)27(6-3)31(30)33/h1-18,32,38,40H,19H2,(H,41,43)(H,44,45);14-16,18,20-23,30,32,34H,4-13,17,19,24,33H2,1-3H3. The molecule has 0 saturated carbocycles. The van der Waals surface area contributed by atoms with Crippen molar-refractivity contribution >= 4 is 52.8 Å². The van der Waals surface area contributed by atoms with Gasteiger partial charge in [0.1, 0.15) is 0 Å². The van der Waals surface area contributed by atoms with Crippen LogP contribution in [0.1, 0.15) is 159 Å². The summed E-state index contributed by atoms with van der Waals surface area (Å²) in [6.07, 6.45) is 25.2. The Morgan fingerprint density at radius 1 is 0.747 bits per heavy atom. The molecule has 4 aliphatic rings. The molecule has 10 rings (SSSR count). The molecule has 0 fully saturated rings. The lowest BCUT2D eigenvalue weighted by Gasteiger charge is -2.28. The van der Waals surface area contributed by atoms with Crippen LogP contribution in [-0.4, -0.2) is 50.5 Å². The highest BCUT2D eigenvalue weighted by Gasteiger charge is 2.40. The molecule has 0 radical (unpaired) electrons. The number of H-pyrrole nitrogens is 2. The lowest BCUT2D eigenvalue weighted by Crippen LogP contribution is -2.36. The molecule has 79 heavy (non-hydrogen) atoms. The molecule has 7 N–H and O–H groups in total. The smallest absolute Gasteiger partial charge is 0.336 e. The molecular weight excluding hydrogens is 989 g/mol. The molecule has 6 aromatic rings. The van der Waals surface area contributed by atoms with E-state index in [1.54, 1.807) is 66.8 Å². The Morgan fingerprint density at radius 3 is 2.18 bits per heavy atom. The summed E-state index contributed by atoms with van der Waals surface area (Å²) in [6, 6.07) is 36.3. The number of unbranched alkanes of at least 4 members (excludes halogenated alkanes) is 8. The average molecular weight is 1060 g/mol. The van der Waals surface area contributed by atoms with Crippen LogP contribution in [0.3, 0.4) is 0 Å².